The summed E-state index contributed by atoms with van der Waals surface area (Å²) in [5.41, 5.74) is 1.02. The van der Waals surface area contributed by atoms with E-state index in [1.54, 1.807) is 25.1 Å². The molecule has 3 N–H and O–H groups in total. The highest BCUT2D eigenvalue weighted by Crippen LogP contribution is 2.19. The third kappa shape index (κ3) is 4.55. The van der Waals surface area contributed by atoms with Gasteiger partial charge in [0.05, 0.1) is 11.3 Å². The molecule has 1 aromatic carbocycles. The van der Waals surface area contributed by atoms with Crippen molar-refractivity contribution >= 4 is 17.7 Å². The molecule has 0 aliphatic carbocycles. The summed E-state index contributed by atoms with van der Waals surface area (Å²) in [5.74, 6) is -1.06. The first-order valence-electron chi connectivity index (χ1n) is 6.36. The summed E-state index contributed by atoms with van der Waals surface area (Å²) < 4.78 is 0. The van der Waals surface area contributed by atoms with Crippen molar-refractivity contribution in [2.75, 3.05) is 26.0 Å². The lowest BCUT2D eigenvalue weighted by Gasteiger charge is -2.19. The van der Waals surface area contributed by atoms with Gasteiger partial charge in [-0.25, -0.2) is 9.59 Å². The Morgan fingerprint density at radius 2 is 2.00 bits per heavy atom. The Labute approximate surface area is 118 Å². The van der Waals surface area contributed by atoms with Gasteiger partial charge in [-0.1, -0.05) is 12.1 Å². The molecule has 110 valence electrons. The molecule has 2 amide bonds. The van der Waals surface area contributed by atoms with Gasteiger partial charge in [0.15, 0.2) is 0 Å². The lowest BCUT2D eigenvalue weighted by Crippen LogP contribution is -2.41. The van der Waals surface area contributed by atoms with Crippen LogP contribution in [0.1, 0.15) is 22.8 Å². The number of nitrogens with one attached hydrogen (secondary N) is 2. The summed E-state index contributed by atoms with van der Waals surface area (Å²) in [6.07, 6.45) is 0. The zero-order valence-electron chi connectivity index (χ0n) is 12.2. The Morgan fingerprint density at radius 1 is 1.35 bits per heavy atom. The van der Waals surface area contributed by atoms with Crippen molar-refractivity contribution in [1.82, 2.24) is 10.2 Å². The molecule has 0 aliphatic heterocycles. The second-order valence-corrected chi connectivity index (χ2v) is 5.06. The molecule has 0 saturated heterocycles. The maximum absolute atomic E-state index is 11.9. The average Bonchev–Trinajstić information content (AvgIpc) is 2.26. The van der Waals surface area contributed by atoms with Crippen LogP contribution in [0.3, 0.4) is 0 Å². The zero-order valence-corrected chi connectivity index (χ0v) is 12.2. The molecule has 6 heteroatoms. The molecule has 0 bridgehead atoms. The number of anilines is 1. The molecule has 1 aromatic rings. The number of carboxylic acids is 1. The number of benzene rings is 1. The van der Waals surface area contributed by atoms with E-state index in [4.69, 9.17) is 0 Å². The lowest BCUT2D eigenvalue weighted by atomic mass is 10.1. The number of nitrogens with zero attached hydrogens (tertiary/aromatic N) is 1. The van der Waals surface area contributed by atoms with Gasteiger partial charge in [0.2, 0.25) is 0 Å². The quantitative estimate of drug-likeness (QED) is 0.767. The highest BCUT2D eigenvalue weighted by atomic mass is 16.4. The topological polar surface area (TPSA) is 81.7 Å². The van der Waals surface area contributed by atoms with Crippen molar-refractivity contribution in [3.05, 3.63) is 29.3 Å². The van der Waals surface area contributed by atoms with Crippen molar-refractivity contribution in [3.8, 4) is 0 Å². The summed E-state index contributed by atoms with van der Waals surface area (Å²) in [6.45, 7) is 4.28. The smallest absolute Gasteiger partial charge is 0.338 e. The van der Waals surface area contributed by atoms with Gasteiger partial charge >= 0.3 is 12.0 Å². The van der Waals surface area contributed by atoms with Gasteiger partial charge in [0.25, 0.3) is 0 Å². The van der Waals surface area contributed by atoms with Crippen molar-refractivity contribution in [3.63, 3.8) is 0 Å². The molecule has 1 unspecified atom stereocenters. The van der Waals surface area contributed by atoms with Crippen LogP contribution in [0.5, 0.6) is 0 Å². The first-order chi connectivity index (χ1) is 9.31. The van der Waals surface area contributed by atoms with E-state index in [0.717, 1.165) is 0 Å². The van der Waals surface area contributed by atoms with Gasteiger partial charge in [-0.15, -0.1) is 0 Å². The molecular weight excluding hydrogens is 258 g/mol. The number of carbonyl (C=O) groups is 2. The second-order valence-electron chi connectivity index (χ2n) is 5.06. The molecule has 0 aliphatic rings. The number of carboxylic acid groups (broad SMARTS) is 1. The number of hydrogen-bond donors (Lipinski definition) is 3. The van der Waals surface area contributed by atoms with Gasteiger partial charge in [-0.05, 0) is 39.6 Å². The molecule has 0 spiro atoms. The Morgan fingerprint density at radius 3 is 2.55 bits per heavy atom. The van der Waals surface area contributed by atoms with E-state index in [-0.39, 0.29) is 11.6 Å². The van der Waals surface area contributed by atoms with Crippen molar-refractivity contribution in [2.24, 2.45) is 0 Å². The van der Waals surface area contributed by atoms with Crippen LogP contribution in [0.4, 0.5) is 10.5 Å². The van der Waals surface area contributed by atoms with Crippen LogP contribution in [0.15, 0.2) is 18.2 Å². The molecule has 20 heavy (non-hydrogen) atoms. The normalized spacial score (nSPS) is 12.1. The summed E-state index contributed by atoms with van der Waals surface area (Å²) in [5, 5.41) is 14.5. The van der Waals surface area contributed by atoms with Gasteiger partial charge in [-0.2, -0.15) is 0 Å². The monoisotopic (exact) mass is 279 g/mol. The summed E-state index contributed by atoms with van der Waals surface area (Å²) >= 11 is 0. The van der Waals surface area contributed by atoms with E-state index in [2.05, 4.69) is 10.6 Å². The third-order valence-corrected chi connectivity index (χ3v) is 2.75. The van der Waals surface area contributed by atoms with Gasteiger partial charge in [0, 0.05) is 12.6 Å². The fourth-order valence-electron chi connectivity index (χ4n) is 2.03. The molecule has 0 fully saturated rings. The Hall–Kier alpha value is -2.08. The predicted molar refractivity (Wildman–Crippen MR) is 78.3 cm³/mol. The van der Waals surface area contributed by atoms with E-state index in [1.807, 2.05) is 25.9 Å². The Bertz CT molecular complexity index is 500. The Balaban J connectivity index is 2.76. The third-order valence-electron chi connectivity index (χ3n) is 2.75. The van der Waals surface area contributed by atoms with E-state index in [0.29, 0.717) is 17.8 Å². The van der Waals surface area contributed by atoms with Crippen LogP contribution < -0.4 is 10.6 Å². The highest BCUT2D eigenvalue weighted by Gasteiger charge is 2.15. The second kappa shape index (κ2) is 6.91. The Kier molecular flexibility index (Phi) is 5.52. The number of aryl methyl sites for hydroxylation is 1. The number of likely N-dealkylation sites (N-methyl/N-ethyl adjacent to an activating group) is 1. The largest absolute Gasteiger partial charge is 0.478 e. The van der Waals surface area contributed by atoms with E-state index in [1.165, 1.54) is 0 Å². The number of aromatic carboxylic acids is 1. The minimum atomic E-state index is -1.06. The molecule has 0 saturated carbocycles. The van der Waals surface area contributed by atoms with E-state index >= 15 is 0 Å². The fraction of sp³-hybridized carbons (Fsp3) is 0.429. The number of carbonyl (C=O) groups excluding carboxylic acids is 1. The molecule has 1 atom stereocenters. The summed E-state index contributed by atoms with van der Waals surface area (Å²) in [4.78, 5) is 25.0. The van der Waals surface area contributed by atoms with Gasteiger partial charge in [0.1, 0.15) is 0 Å². The minimum Gasteiger partial charge on any atom is -0.478 e. The standard InChI is InChI=1S/C14H21N3O3/c1-9-6-5-7-11(12(9)13(18)19)16-14(20)15-10(2)8-17(3)4/h5-7,10H,8H2,1-4H3,(H,18,19)(H2,15,16,20). The lowest BCUT2D eigenvalue weighted by molar-refractivity contribution is 0.0697. The molecule has 0 aromatic heterocycles. The maximum atomic E-state index is 11.9. The molecule has 1 rings (SSSR count). The molecular formula is C14H21N3O3. The molecule has 6 nitrogen and oxygen atoms in total. The first-order valence-corrected chi connectivity index (χ1v) is 6.36. The van der Waals surface area contributed by atoms with E-state index in [9.17, 15) is 14.7 Å². The number of amides is 2. The number of rotatable bonds is 5. The van der Waals surface area contributed by atoms with Crippen molar-refractivity contribution in [1.29, 1.82) is 0 Å². The fourth-order valence-corrected chi connectivity index (χ4v) is 2.03. The van der Waals surface area contributed by atoms with Gasteiger partial charge in [-0.3, -0.25) is 0 Å². The van der Waals surface area contributed by atoms with Crippen molar-refractivity contribution < 1.29 is 14.7 Å². The maximum Gasteiger partial charge on any atom is 0.338 e. The minimum absolute atomic E-state index is 0.0388. The summed E-state index contributed by atoms with van der Waals surface area (Å²) in [7, 11) is 3.83. The number of hydrogen-bond acceptors (Lipinski definition) is 3. The van der Waals surface area contributed by atoms with Crippen LogP contribution in [0, 0.1) is 6.92 Å². The predicted octanol–water partition coefficient (Wildman–Crippen LogP) is 1.76. The molecule has 0 heterocycles. The first kappa shape index (κ1) is 16.0. The average molecular weight is 279 g/mol. The molecule has 0 radical (unpaired) electrons. The zero-order chi connectivity index (χ0) is 15.3. The number of urea groups is 1. The van der Waals surface area contributed by atoms with Crippen LogP contribution in [-0.2, 0) is 0 Å². The van der Waals surface area contributed by atoms with E-state index < -0.39 is 12.0 Å². The highest BCUT2D eigenvalue weighted by molar-refractivity contribution is 6.01. The SMILES string of the molecule is Cc1cccc(NC(=O)NC(C)CN(C)C)c1C(=O)O. The van der Waals surface area contributed by atoms with Crippen LogP contribution >= 0.6 is 0 Å². The van der Waals surface area contributed by atoms with Crippen LogP contribution in [0.25, 0.3) is 0 Å². The van der Waals surface area contributed by atoms with Crippen LogP contribution in [-0.4, -0.2) is 48.7 Å². The van der Waals surface area contributed by atoms with Crippen molar-refractivity contribution in [2.45, 2.75) is 19.9 Å². The van der Waals surface area contributed by atoms with Crippen LogP contribution in [0.2, 0.25) is 0 Å². The summed E-state index contributed by atoms with van der Waals surface area (Å²) in [6, 6.07) is 4.53. The van der Waals surface area contributed by atoms with Gasteiger partial charge < -0.3 is 20.6 Å².